The van der Waals surface area contributed by atoms with Crippen molar-refractivity contribution in [3.05, 3.63) is 52.5 Å². The third-order valence-electron chi connectivity index (χ3n) is 7.46. The average molecular weight is 495 g/mol. The van der Waals surface area contributed by atoms with Crippen LogP contribution in [0.15, 0.2) is 36.4 Å². The van der Waals surface area contributed by atoms with Crippen LogP contribution in [0.2, 0.25) is 5.02 Å². The van der Waals surface area contributed by atoms with Gasteiger partial charge in [-0.1, -0.05) is 30.5 Å². The number of fused-ring (bicyclic) bond motifs is 1. The number of carbonyl (C=O) groups is 4. The summed E-state index contributed by atoms with van der Waals surface area (Å²) in [5, 5.41) is 0.561. The van der Waals surface area contributed by atoms with Crippen molar-refractivity contribution < 1.29 is 23.9 Å². The monoisotopic (exact) mass is 494 g/mol. The fourth-order valence-electron chi connectivity index (χ4n) is 5.53. The standard InChI is InChI=1S/C27H27ClN2O5/c1-15-12-18(10-11-22(15)30-25(32)19-6-3-4-7-20(19)26(30)33)35-27(34)17-13-24(31)29(14-17)23-9-5-8-21(28)16(23)2/h5,8-12,17,19-20H,3-4,6-7,13-14H2,1-2H3/t17-,19+,20+/m1/s1. The fourth-order valence-corrected chi connectivity index (χ4v) is 5.70. The van der Waals surface area contributed by atoms with Gasteiger partial charge in [-0.05, 0) is 68.1 Å². The van der Waals surface area contributed by atoms with Crippen molar-refractivity contribution in [2.75, 3.05) is 16.3 Å². The Morgan fingerprint density at radius 1 is 0.971 bits per heavy atom. The van der Waals surface area contributed by atoms with Gasteiger partial charge in [0, 0.05) is 23.7 Å². The lowest BCUT2D eigenvalue weighted by Crippen LogP contribution is -2.31. The molecule has 0 aromatic heterocycles. The summed E-state index contributed by atoms with van der Waals surface area (Å²) in [5.41, 5.74) is 2.69. The summed E-state index contributed by atoms with van der Waals surface area (Å²) in [5.74, 6) is -1.65. The molecule has 3 atom stereocenters. The van der Waals surface area contributed by atoms with Crippen LogP contribution < -0.4 is 14.5 Å². The highest BCUT2D eigenvalue weighted by atomic mass is 35.5. The SMILES string of the molecule is Cc1cc(OC(=O)[C@@H]2CC(=O)N(c3cccc(Cl)c3C)C2)ccc1N1C(=O)[C@H]2CCCC[C@@H]2C1=O. The zero-order valence-electron chi connectivity index (χ0n) is 19.8. The largest absolute Gasteiger partial charge is 0.426 e. The molecule has 0 bridgehead atoms. The molecule has 2 aromatic rings. The van der Waals surface area contributed by atoms with E-state index in [-0.39, 0.29) is 42.5 Å². The molecule has 2 aliphatic heterocycles. The van der Waals surface area contributed by atoms with Crippen LogP contribution in [0.25, 0.3) is 0 Å². The maximum atomic E-state index is 12.9. The van der Waals surface area contributed by atoms with Crippen molar-refractivity contribution in [2.45, 2.75) is 46.0 Å². The van der Waals surface area contributed by atoms with E-state index >= 15 is 0 Å². The van der Waals surface area contributed by atoms with Crippen LogP contribution in [-0.2, 0) is 19.2 Å². The van der Waals surface area contributed by atoms with Gasteiger partial charge in [-0.15, -0.1) is 0 Å². The Hall–Kier alpha value is -3.19. The van der Waals surface area contributed by atoms with E-state index in [1.54, 1.807) is 42.2 Å². The summed E-state index contributed by atoms with van der Waals surface area (Å²) in [6, 6.07) is 10.3. The van der Waals surface area contributed by atoms with Crippen LogP contribution in [0.1, 0.15) is 43.2 Å². The average Bonchev–Trinajstić information content (AvgIpc) is 3.34. The Kier molecular flexibility index (Phi) is 6.13. The molecule has 0 unspecified atom stereocenters. The van der Waals surface area contributed by atoms with Crippen molar-refractivity contribution in [1.82, 2.24) is 0 Å². The minimum Gasteiger partial charge on any atom is -0.426 e. The Balaban J connectivity index is 1.29. The summed E-state index contributed by atoms with van der Waals surface area (Å²) >= 11 is 6.20. The van der Waals surface area contributed by atoms with E-state index in [1.165, 1.54) is 4.90 Å². The second-order valence-corrected chi connectivity index (χ2v) is 10.1. The van der Waals surface area contributed by atoms with E-state index in [0.717, 1.165) is 31.2 Å². The molecule has 7 nitrogen and oxygen atoms in total. The lowest BCUT2D eigenvalue weighted by Gasteiger charge is -2.20. The van der Waals surface area contributed by atoms with Crippen LogP contribution in [0.3, 0.4) is 0 Å². The Morgan fingerprint density at radius 2 is 1.66 bits per heavy atom. The number of hydrogen-bond acceptors (Lipinski definition) is 5. The number of halogens is 1. The van der Waals surface area contributed by atoms with Gasteiger partial charge in [0.25, 0.3) is 0 Å². The number of carbonyl (C=O) groups excluding carboxylic acids is 4. The van der Waals surface area contributed by atoms with Gasteiger partial charge in [0.2, 0.25) is 17.7 Å². The first-order chi connectivity index (χ1) is 16.8. The number of hydrogen-bond donors (Lipinski definition) is 0. The van der Waals surface area contributed by atoms with E-state index in [9.17, 15) is 19.2 Å². The van der Waals surface area contributed by atoms with E-state index in [4.69, 9.17) is 16.3 Å². The third-order valence-corrected chi connectivity index (χ3v) is 7.87. The number of esters is 1. The number of nitrogens with zero attached hydrogens (tertiary/aromatic N) is 2. The second kappa shape index (κ2) is 9.11. The molecule has 5 rings (SSSR count). The fraction of sp³-hybridized carbons (Fsp3) is 0.407. The maximum Gasteiger partial charge on any atom is 0.316 e. The highest BCUT2D eigenvalue weighted by Crippen LogP contribution is 2.41. The molecule has 3 amide bonds. The van der Waals surface area contributed by atoms with E-state index < -0.39 is 11.9 Å². The Morgan fingerprint density at radius 3 is 2.31 bits per heavy atom. The van der Waals surface area contributed by atoms with Crippen LogP contribution >= 0.6 is 11.6 Å². The Bertz CT molecular complexity index is 1220. The summed E-state index contributed by atoms with van der Waals surface area (Å²) < 4.78 is 5.60. The number of benzene rings is 2. The topological polar surface area (TPSA) is 84.0 Å². The zero-order valence-corrected chi connectivity index (χ0v) is 20.5. The van der Waals surface area contributed by atoms with Gasteiger partial charge in [-0.3, -0.25) is 19.2 Å². The summed E-state index contributed by atoms with van der Waals surface area (Å²) in [6.45, 7) is 3.85. The van der Waals surface area contributed by atoms with Gasteiger partial charge < -0.3 is 9.64 Å². The molecule has 2 saturated heterocycles. The maximum absolute atomic E-state index is 12.9. The minimum absolute atomic E-state index is 0.0570. The Labute approximate surface area is 209 Å². The van der Waals surface area contributed by atoms with Gasteiger partial charge >= 0.3 is 5.97 Å². The molecule has 0 N–H and O–H groups in total. The number of rotatable bonds is 4. The second-order valence-electron chi connectivity index (χ2n) is 9.67. The molecular weight excluding hydrogens is 468 g/mol. The van der Waals surface area contributed by atoms with Gasteiger partial charge in [0.15, 0.2) is 0 Å². The number of ether oxygens (including phenoxy) is 1. The molecule has 182 valence electrons. The van der Waals surface area contributed by atoms with Crippen LogP contribution in [-0.4, -0.2) is 30.2 Å². The molecule has 2 heterocycles. The lowest BCUT2D eigenvalue weighted by atomic mass is 9.81. The van der Waals surface area contributed by atoms with Crippen molar-refractivity contribution in [3.8, 4) is 5.75 Å². The molecule has 1 saturated carbocycles. The first-order valence-electron chi connectivity index (χ1n) is 12.0. The molecule has 0 spiro atoms. The predicted molar refractivity (Wildman–Crippen MR) is 131 cm³/mol. The van der Waals surface area contributed by atoms with E-state index in [0.29, 0.717) is 27.7 Å². The highest BCUT2D eigenvalue weighted by molar-refractivity contribution is 6.31. The molecule has 0 radical (unpaired) electrons. The summed E-state index contributed by atoms with van der Waals surface area (Å²) in [7, 11) is 0. The molecule has 8 heteroatoms. The van der Waals surface area contributed by atoms with Crippen molar-refractivity contribution >= 4 is 46.7 Å². The number of aryl methyl sites for hydroxylation is 1. The highest BCUT2D eigenvalue weighted by Gasteiger charge is 2.49. The molecular formula is C27H27ClN2O5. The summed E-state index contributed by atoms with van der Waals surface area (Å²) in [4.78, 5) is 54.3. The molecule has 2 aromatic carbocycles. The predicted octanol–water partition coefficient (Wildman–Crippen LogP) is 4.59. The number of amides is 3. The van der Waals surface area contributed by atoms with Gasteiger partial charge in [0.05, 0.1) is 23.4 Å². The smallest absolute Gasteiger partial charge is 0.316 e. The molecule has 3 fully saturated rings. The first kappa shape index (κ1) is 23.5. The minimum atomic E-state index is -0.606. The van der Waals surface area contributed by atoms with Crippen molar-refractivity contribution in [3.63, 3.8) is 0 Å². The van der Waals surface area contributed by atoms with Gasteiger partial charge in [-0.2, -0.15) is 0 Å². The molecule has 35 heavy (non-hydrogen) atoms. The first-order valence-corrected chi connectivity index (χ1v) is 12.4. The van der Waals surface area contributed by atoms with Crippen molar-refractivity contribution in [1.29, 1.82) is 0 Å². The van der Waals surface area contributed by atoms with Gasteiger partial charge in [0.1, 0.15) is 5.75 Å². The van der Waals surface area contributed by atoms with Crippen molar-refractivity contribution in [2.24, 2.45) is 17.8 Å². The molecule has 3 aliphatic rings. The lowest BCUT2D eigenvalue weighted by molar-refractivity contribution is -0.139. The zero-order chi connectivity index (χ0) is 24.9. The van der Waals surface area contributed by atoms with Crippen LogP contribution in [0.5, 0.6) is 5.75 Å². The van der Waals surface area contributed by atoms with Crippen LogP contribution in [0.4, 0.5) is 11.4 Å². The molecule has 1 aliphatic carbocycles. The summed E-state index contributed by atoms with van der Waals surface area (Å²) in [6.07, 6.45) is 3.51. The number of anilines is 2. The number of imide groups is 1. The van der Waals surface area contributed by atoms with Crippen LogP contribution in [0, 0.1) is 31.6 Å². The third kappa shape index (κ3) is 4.12. The van der Waals surface area contributed by atoms with Gasteiger partial charge in [-0.25, -0.2) is 4.90 Å². The van der Waals surface area contributed by atoms with E-state index in [2.05, 4.69) is 0 Å². The quantitative estimate of drug-likeness (QED) is 0.352. The van der Waals surface area contributed by atoms with E-state index in [1.807, 2.05) is 13.0 Å². The normalized spacial score (nSPS) is 24.2.